The Morgan fingerprint density at radius 2 is 1.44 bits per heavy atom. The SMILES string of the molecule is CC/C=C\C/C=C\C/C=C\C/C=C\C/C=C\CCOC(CC)C(=O)NCCOC(=O)Nc1ccc(O)c(C(=O)O)c1. The van der Waals surface area contributed by atoms with Gasteiger partial charge in [0.1, 0.15) is 24.0 Å². The van der Waals surface area contributed by atoms with E-state index in [1.165, 1.54) is 6.07 Å². The Hall–Kier alpha value is -4.11. The number of hydrogen-bond donors (Lipinski definition) is 4. The van der Waals surface area contributed by atoms with Gasteiger partial charge in [0.15, 0.2) is 0 Å². The molecule has 1 atom stereocenters. The van der Waals surface area contributed by atoms with Crippen molar-refractivity contribution in [1.82, 2.24) is 5.32 Å². The first kappa shape index (κ1) is 34.9. The molecule has 0 spiro atoms. The summed E-state index contributed by atoms with van der Waals surface area (Å²) in [6.07, 6.45) is 26.0. The van der Waals surface area contributed by atoms with Crippen LogP contribution in [0.25, 0.3) is 0 Å². The minimum atomic E-state index is -1.33. The van der Waals surface area contributed by atoms with Gasteiger partial charge in [-0.25, -0.2) is 9.59 Å². The number of allylic oxidation sites excluding steroid dienone is 9. The number of phenols is 1. The summed E-state index contributed by atoms with van der Waals surface area (Å²) in [7, 11) is 0. The lowest BCUT2D eigenvalue weighted by molar-refractivity contribution is -0.133. The average molecular weight is 569 g/mol. The molecule has 0 aliphatic carbocycles. The van der Waals surface area contributed by atoms with E-state index in [-0.39, 0.29) is 30.3 Å². The van der Waals surface area contributed by atoms with E-state index in [2.05, 4.69) is 72.2 Å². The molecule has 0 aliphatic rings. The molecule has 0 bridgehead atoms. The van der Waals surface area contributed by atoms with E-state index in [0.29, 0.717) is 19.4 Å². The Bertz CT molecular complexity index is 1070. The zero-order chi connectivity index (χ0) is 30.1. The van der Waals surface area contributed by atoms with Gasteiger partial charge in [-0.3, -0.25) is 10.1 Å². The van der Waals surface area contributed by atoms with E-state index >= 15 is 0 Å². The number of amides is 2. The molecule has 2 amide bonds. The van der Waals surface area contributed by atoms with Crippen LogP contribution in [0.2, 0.25) is 0 Å². The molecule has 4 N–H and O–H groups in total. The molecule has 0 saturated carbocycles. The normalized spacial score (nSPS) is 12.6. The van der Waals surface area contributed by atoms with E-state index < -0.39 is 23.9 Å². The largest absolute Gasteiger partial charge is 0.507 e. The van der Waals surface area contributed by atoms with Crippen LogP contribution in [-0.4, -0.2) is 54.0 Å². The van der Waals surface area contributed by atoms with Gasteiger partial charge in [0, 0.05) is 5.69 Å². The zero-order valence-corrected chi connectivity index (χ0v) is 24.1. The topological polar surface area (TPSA) is 134 Å². The van der Waals surface area contributed by atoms with Crippen molar-refractivity contribution in [2.75, 3.05) is 25.1 Å². The van der Waals surface area contributed by atoms with Gasteiger partial charge in [-0.05, 0) is 63.1 Å². The van der Waals surface area contributed by atoms with Crippen molar-refractivity contribution >= 4 is 23.7 Å². The van der Waals surface area contributed by atoms with Crippen molar-refractivity contribution in [2.24, 2.45) is 0 Å². The maximum atomic E-state index is 12.3. The molecule has 9 heteroatoms. The van der Waals surface area contributed by atoms with Gasteiger partial charge in [0.05, 0.1) is 13.2 Å². The second-order valence-corrected chi connectivity index (χ2v) is 8.85. The van der Waals surface area contributed by atoms with E-state index in [1.54, 1.807) is 0 Å². The van der Waals surface area contributed by atoms with Crippen LogP contribution >= 0.6 is 0 Å². The number of carbonyl (C=O) groups is 3. The summed E-state index contributed by atoms with van der Waals surface area (Å²) in [5, 5.41) is 23.6. The van der Waals surface area contributed by atoms with Gasteiger partial charge in [-0.2, -0.15) is 0 Å². The predicted octanol–water partition coefficient (Wildman–Crippen LogP) is 6.69. The molecular formula is C32H44N2O7. The van der Waals surface area contributed by atoms with Crippen molar-refractivity contribution in [3.63, 3.8) is 0 Å². The molecule has 0 fully saturated rings. The summed E-state index contributed by atoms with van der Waals surface area (Å²) in [6, 6.07) is 3.61. The molecular weight excluding hydrogens is 524 g/mol. The van der Waals surface area contributed by atoms with Crippen LogP contribution in [0.3, 0.4) is 0 Å². The van der Waals surface area contributed by atoms with E-state index in [9.17, 15) is 19.5 Å². The van der Waals surface area contributed by atoms with E-state index in [4.69, 9.17) is 14.6 Å². The minimum Gasteiger partial charge on any atom is -0.507 e. The molecule has 0 radical (unpaired) electrons. The fraction of sp³-hybridized carbons (Fsp3) is 0.406. The fourth-order valence-corrected chi connectivity index (χ4v) is 3.40. The highest BCUT2D eigenvalue weighted by atomic mass is 16.5. The first-order valence-corrected chi connectivity index (χ1v) is 14.0. The summed E-state index contributed by atoms with van der Waals surface area (Å²) < 4.78 is 10.7. The van der Waals surface area contributed by atoms with Crippen LogP contribution in [0, 0.1) is 0 Å². The van der Waals surface area contributed by atoms with Crippen molar-refractivity contribution in [3.05, 3.63) is 84.5 Å². The van der Waals surface area contributed by atoms with Crippen molar-refractivity contribution in [3.8, 4) is 5.75 Å². The lowest BCUT2D eigenvalue weighted by Crippen LogP contribution is -2.38. The van der Waals surface area contributed by atoms with Gasteiger partial charge < -0.3 is 25.0 Å². The maximum absolute atomic E-state index is 12.3. The summed E-state index contributed by atoms with van der Waals surface area (Å²) in [5.41, 5.74) is -0.191. The van der Waals surface area contributed by atoms with Crippen LogP contribution in [0.4, 0.5) is 10.5 Å². The molecule has 41 heavy (non-hydrogen) atoms. The highest BCUT2D eigenvalue weighted by molar-refractivity contribution is 5.94. The quantitative estimate of drug-likeness (QED) is 0.0782. The Morgan fingerprint density at radius 1 is 0.854 bits per heavy atom. The lowest BCUT2D eigenvalue weighted by Gasteiger charge is -2.15. The summed E-state index contributed by atoms with van der Waals surface area (Å²) >= 11 is 0. The number of ether oxygens (including phenoxy) is 2. The number of benzene rings is 1. The van der Waals surface area contributed by atoms with Crippen LogP contribution < -0.4 is 10.6 Å². The smallest absolute Gasteiger partial charge is 0.411 e. The van der Waals surface area contributed by atoms with Crippen LogP contribution in [0.15, 0.2) is 79.0 Å². The van der Waals surface area contributed by atoms with Gasteiger partial charge in [0.25, 0.3) is 0 Å². The molecule has 0 aromatic heterocycles. The number of anilines is 1. The minimum absolute atomic E-state index is 0.0854. The molecule has 9 nitrogen and oxygen atoms in total. The van der Waals surface area contributed by atoms with Gasteiger partial charge >= 0.3 is 12.1 Å². The Kier molecular flexibility index (Phi) is 19.3. The third-order valence-corrected chi connectivity index (χ3v) is 5.53. The first-order chi connectivity index (χ1) is 19.9. The lowest BCUT2D eigenvalue weighted by atomic mass is 10.2. The second kappa shape index (κ2) is 22.7. The van der Waals surface area contributed by atoms with Crippen molar-refractivity contribution < 1.29 is 34.1 Å². The van der Waals surface area contributed by atoms with Crippen molar-refractivity contribution in [2.45, 2.75) is 64.9 Å². The third-order valence-electron chi connectivity index (χ3n) is 5.53. The van der Waals surface area contributed by atoms with Crippen LogP contribution in [0.5, 0.6) is 5.75 Å². The number of aromatic carboxylic acids is 1. The number of nitrogens with one attached hydrogen (secondary N) is 2. The predicted molar refractivity (Wildman–Crippen MR) is 162 cm³/mol. The summed E-state index contributed by atoms with van der Waals surface area (Å²) in [6.45, 7) is 4.41. The zero-order valence-electron chi connectivity index (χ0n) is 24.1. The Balaban J connectivity index is 2.15. The molecule has 0 saturated heterocycles. The van der Waals surface area contributed by atoms with Gasteiger partial charge in [-0.1, -0.05) is 74.6 Å². The first-order valence-electron chi connectivity index (χ1n) is 14.0. The van der Waals surface area contributed by atoms with Crippen LogP contribution in [0.1, 0.15) is 69.2 Å². The summed E-state index contributed by atoms with van der Waals surface area (Å²) in [4.78, 5) is 35.3. The number of carboxylic acids is 1. The Morgan fingerprint density at radius 3 is 2.00 bits per heavy atom. The monoisotopic (exact) mass is 568 g/mol. The average Bonchev–Trinajstić information content (AvgIpc) is 2.95. The fourth-order valence-electron chi connectivity index (χ4n) is 3.40. The number of aromatic hydroxyl groups is 1. The number of carboxylic acid groups (broad SMARTS) is 1. The van der Waals surface area contributed by atoms with E-state index in [0.717, 1.165) is 44.2 Å². The van der Waals surface area contributed by atoms with Gasteiger partial charge in [-0.15, -0.1) is 0 Å². The molecule has 0 aliphatic heterocycles. The molecule has 1 aromatic carbocycles. The molecule has 224 valence electrons. The standard InChI is InChI=1S/C32H44N2O7/c1-3-5-6-7-8-9-10-11-12-13-14-15-16-17-18-19-23-40-29(4-2)30(36)33-22-24-41-32(39)34-26-20-21-28(35)27(25-26)31(37)38/h5-6,8-9,11-12,14-15,17-18,20-21,25,29,35H,3-4,7,10,13,16,19,22-24H2,1-2H3,(H,33,36)(H,34,39)(H,37,38)/b6-5-,9-8-,12-11-,15-14-,18-17-. The van der Waals surface area contributed by atoms with E-state index in [1.807, 2.05) is 13.0 Å². The number of carbonyl (C=O) groups excluding carboxylic acids is 2. The highest BCUT2D eigenvalue weighted by Crippen LogP contribution is 2.21. The number of rotatable bonds is 20. The highest BCUT2D eigenvalue weighted by Gasteiger charge is 2.16. The third kappa shape index (κ3) is 17.2. The number of hydrogen-bond acceptors (Lipinski definition) is 6. The Labute approximate surface area is 243 Å². The molecule has 0 heterocycles. The maximum Gasteiger partial charge on any atom is 0.411 e. The summed E-state index contributed by atoms with van der Waals surface area (Å²) in [5.74, 6) is -2.03. The molecule has 1 aromatic rings. The molecule has 1 unspecified atom stereocenters. The molecule has 1 rings (SSSR count). The van der Waals surface area contributed by atoms with Crippen LogP contribution in [-0.2, 0) is 14.3 Å². The second-order valence-electron chi connectivity index (χ2n) is 8.85. The van der Waals surface area contributed by atoms with Crippen molar-refractivity contribution in [1.29, 1.82) is 0 Å². The van der Waals surface area contributed by atoms with Gasteiger partial charge in [0.2, 0.25) is 5.91 Å².